The van der Waals surface area contributed by atoms with E-state index in [9.17, 15) is 15.0 Å². The van der Waals surface area contributed by atoms with Gasteiger partial charge in [0.25, 0.3) is 0 Å². The summed E-state index contributed by atoms with van der Waals surface area (Å²) in [7, 11) is 0. The van der Waals surface area contributed by atoms with Crippen LogP contribution in [0.2, 0.25) is 0 Å². The van der Waals surface area contributed by atoms with Crippen LogP contribution in [0.5, 0.6) is 0 Å². The molecule has 5 heteroatoms. The maximum absolute atomic E-state index is 11.4. The van der Waals surface area contributed by atoms with Crippen molar-refractivity contribution in [3.05, 3.63) is 49.1 Å². The smallest absolute Gasteiger partial charge is 0.404 e. The van der Waals surface area contributed by atoms with Gasteiger partial charge in [0.05, 0.1) is 12.2 Å². The van der Waals surface area contributed by atoms with Crippen molar-refractivity contribution in [2.75, 3.05) is 0 Å². The lowest BCUT2D eigenvalue weighted by Crippen LogP contribution is -2.41. The van der Waals surface area contributed by atoms with Crippen molar-refractivity contribution < 1.29 is 19.7 Å². The Kier molecular flexibility index (Phi) is 12.5. The molecule has 0 radical (unpaired) electrons. The second kappa shape index (κ2) is 13.4. The van der Waals surface area contributed by atoms with Gasteiger partial charge in [0, 0.05) is 23.7 Å². The highest BCUT2D eigenvalue weighted by atomic mass is 16.6. The zero-order valence-electron chi connectivity index (χ0n) is 18.9. The zero-order valence-corrected chi connectivity index (χ0v) is 18.9. The third-order valence-electron chi connectivity index (χ3n) is 5.60. The van der Waals surface area contributed by atoms with Gasteiger partial charge in [-0.1, -0.05) is 77.2 Å². The number of hydrogen-bond donors (Lipinski definition) is 3. The average Bonchev–Trinajstić information content (AvgIpc) is 2.67. The summed E-state index contributed by atoms with van der Waals surface area (Å²) in [4.78, 5) is 11.4. The number of nitrogens with two attached hydrogens (primary N) is 1. The highest BCUT2D eigenvalue weighted by Crippen LogP contribution is 2.28. The minimum absolute atomic E-state index is 0.00824. The van der Waals surface area contributed by atoms with Gasteiger partial charge in [-0.2, -0.15) is 0 Å². The summed E-state index contributed by atoms with van der Waals surface area (Å²) in [5, 5.41) is 21.2. The number of ether oxygens (including phenoxy) is 1. The van der Waals surface area contributed by atoms with Crippen LogP contribution < -0.4 is 5.73 Å². The second-order valence-corrected chi connectivity index (χ2v) is 8.37. The van der Waals surface area contributed by atoms with Crippen LogP contribution in [0.1, 0.15) is 48.0 Å². The highest BCUT2D eigenvalue weighted by molar-refractivity contribution is 5.64. The van der Waals surface area contributed by atoms with E-state index in [1.165, 1.54) is 0 Å². The standard InChI is InChI=1S/C24H41NO4/c1-9-11-12-17(5)23(29-24(25)28)20(8)22(27)19(7)14-15(3)13-18(6)21(26)16(4)10-2/h9-13,16-23,26-27H,1-2,14H2,3-8H3,(H2,25,28)/b12-11-,15-13-/t16-,17-,18-,19-,20-,21-,22+,23-/m0/s1. The summed E-state index contributed by atoms with van der Waals surface area (Å²) in [6.07, 6.45) is 7.21. The molecule has 29 heavy (non-hydrogen) atoms. The molecule has 5 nitrogen and oxygen atoms in total. The van der Waals surface area contributed by atoms with Crippen molar-refractivity contribution >= 4 is 6.09 Å². The second-order valence-electron chi connectivity index (χ2n) is 8.37. The molecule has 0 aliphatic carbocycles. The van der Waals surface area contributed by atoms with Crippen molar-refractivity contribution in [3.63, 3.8) is 0 Å². The topological polar surface area (TPSA) is 92.8 Å². The quantitative estimate of drug-likeness (QED) is 0.307. The Bertz CT molecular complexity index is 583. The summed E-state index contributed by atoms with van der Waals surface area (Å²) in [5.74, 6) is -0.492. The molecule has 0 spiro atoms. The molecule has 0 fully saturated rings. The zero-order chi connectivity index (χ0) is 22.7. The molecule has 0 saturated heterocycles. The predicted octanol–water partition coefficient (Wildman–Crippen LogP) is 4.62. The normalized spacial score (nSPS) is 20.8. The molecule has 0 bridgehead atoms. The maximum Gasteiger partial charge on any atom is 0.404 e. The monoisotopic (exact) mass is 407 g/mol. The SMILES string of the molecule is C=C/C=C\[C@H](C)[C@H](OC(N)=O)[C@@H](C)[C@H](O)[C@@H](C)C/C(C)=C\[C@H](C)[C@@H](O)[C@@H](C)C=C. The van der Waals surface area contributed by atoms with E-state index in [1.54, 1.807) is 18.2 Å². The Morgan fingerprint density at radius 2 is 1.62 bits per heavy atom. The molecule has 0 heterocycles. The van der Waals surface area contributed by atoms with Gasteiger partial charge in [0.1, 0.15) is 6.10 Å². The minimum atomic E-state index is -0.851. The Hall–Kier alpha value is -1.85. The summed E-state index contributed by atoms with van der Waals surface area (Å²) < 4.78 is 5.32. The lowest BCUT2D eigenvalue weighted by atomic mass is 9.81. The molecular weight excluding hydrogens is 366 g/mol. The Morgan fingerprint density at radius 1 is 1.03 bits per heavy atom. The summed E-state index contributed by atoms with van der Waals surface area (Å²) >= 11 is 0. The van der Waals surface area contributed by atoms with E-state index in [0.717, 1.165) is 5.57 Å². The maximum atomic E-state index is 11.4. The number of hydrogen-bond acceptors (Lipinski definition) is 4. The number of aliphatic hydroxyl groups excluding tert-OH is 2. The van der Waals surface area contributed by atoms with Gasteiger partial charge in [-0.25, -0.2) is 4.79 Å². The van der Waals surface area contributed by atoms with E-state index in [0.29, 0.717) is 6.42 Å². The third kappa shape index (κ3) is 9.46. The molecule has 0 saturated carbocycles. The lowest BCUT2D eigenvalue weighted by Gasteiger charge is -2.33. The van der Waals surface area contributed by atoms with Crippen molar-refractivity contribution in [2.45, 2.75) is 66.3 Å². The summed E-state index contributed by atoms with van der Waals surface area (Å²) in [5.41, 5.74) is 6.34. The Morgan fingerprint density at radius 3 is 2.10 bits per heavy atom. The predicted molar refractivity (Wildman–Crippen MR) is 120 cm³/mol. The fourth-order valence-electron chi connectivity index (χ4n) is 3.77. The van der Waals surface area contributed by atoms with Gasteiger partial charge in [-0.3, -0.25) is 0 Å². The van der Waals surface area contributed by atoms with Crippen LogP contribution in [0.25, 0.3) is 0 Å². The molecule has 0 aliphatic rings. The number of rotatable bonds is 13. The molecule has 0 aromatic carbocycles. The van der Waals surface area contributed by atoms with Crippen LogP contribution in [0.3, 0.4) is 0 Å². The van der Waals surface area contributed by atoms with E-state index in [4.69, 9.17) is 10.5 Å². The minimum Gasteiger partial charge on any atom is -0.445 e. The van der Waals surface area contributed by atoms with Gasteiger partial charge < -0.3 is 20.7 Å². The molecular formula is C24H41NO4. The van der Waals surface area contributed by atoms with Crippen LogP contribution in [-0.2, 0) is 4.74 Å². The first-order chi connectivity index (χ1) is 13.5. The van der Waals surface area contributed by atoms with Crippen LogP contribution >= 0.6 is 0 Å². The first-order valence-electron chi connectivity index (χ1n) is 10.4. The van der Waals surface area contributed by atoms with Crippen molar-refractivity contribution in [3.8, 4) is 0 Å². The van der Waals surface area contributed by atoms with Crippen LogP contribution in [0, 0.1) is 29.6 Å². The van der Waals surface area contributed by atoms with E-state index < -0.39 is 24.4 Å². The van der Waals surface area contributed by atoms with Crippen LogP contribution in [0.15, 0.2) is 49.1 Å². The first-order valence-corrected chi connectivity index (χ1v) is 10.4. The number of carbonyl (C=O) groups excluding carboxylic acids is 1. The van der Waals surface area contributed by atoms with Crippen molar-refractivity contribution in [1.29, 1.82) is 0 Å². The fourth-order valence-corrected chi connectivity index (χ4v) is 3.77. The fraction of sp³-hybridized carbons (Fsp3) is 0.625. The van der Waals surface area contributed by atoms with Crippen molar-refractivity contribution in [1.82, 2.24) is 0 Å². The average molecular weight is 408 g/mol. The number of primary amides is 1. The molecule has 0 aliphatic heterocycles. The molecule has 0 aromatic heterocycles. The number of carbonyl (C=O) groups is 1. The van der Waals surface area contributed by atoms with E-state index in [-0.39, 0.29) is 29.6 Å². The van der Waals surface area contributed by atoms with Gasteiger partial charge in [0.2, 0.25) is 0 Å². The van der Waals surface area contributed by atoms with E-state index in [2.05, 4.69) is 13.2 Å². The number of amides is 1. The number of allylic oxidation sites excluding steroid dienone is 3. The molecule has 1 amide bonds. The van der Waals surface area contributed by atoms with Gasteiger partial charge in [0.15, 0.2) is 0 Å². The lowest BCUT2D eigenvalue weighted by molar-refractivity contribution is -0.0266. The van der Waals surface area contributed by atoms with Gasteiger partial charge >= 0.3 is 6.09 Å². The molecule has 4 N–H and O–H groups in total. The van der Waals surface area contributed by atoms with E-state index >= 15 is 0 Å². The van der Waals surface area contributed by atoms with E-state index in [1.807, 2.05) is 53.7 Å². The molecule has 8 atom stereocenters. The van der Waals surface area contributed by atoms with Gasteiger partial charge in [-0.15, -0.1) is 6.58 Å². The summed E-state index contributed by atoms with van der Waals surface area (Å²) in [6, 6.07) is 0. The molecule has 0 rings (SSSR count). The first kappa shape index (κ1) is 27.1. The Balaban J connectivity index is 5.20. The van der Waals surface area contributed by atoms with Crippen molar-refractivity contribution in [2.24, 2.45) is 35.3 Å². The largest absolute Gasteiger partial charge is 0.445 e. The van der Waals surface area contributed by atoms with Gasteiger partial charge in [-0.05, 0) is 19.3 Å². The number of aliphatic hydroxyl groups is 2. The highest BCUT2D eigenvalue weighted by Gasteiger charge is 2.33. The van der Waals surface area contributed by atoms with Crippen LogP contribution in [-0.4, -0.2) is 34.6 Å². The third-order valence-corrected chi connectivity index (χ3v) is 5.60. The van der Waals surface area contributed by atoms with Crippen LogP contribution in [0.4, 0.5) is 4.79 Å². The molecule has 0 aromatic rings. The molecule has 166 valence electrons. The Labute approximate surface area is 177 Å². The summed E-state index contributed by atoms with van der Waals surface area (Å²) in [6.45, 7) is 19.0. The molecule has 0 unspecified atom stereocenters.